The fourth-order valence-electron chi connectivity index (χ4n) is 7.01. The Morgan fingerprint density at radius 3 is 2.55 bits per heavy atom. The zero-order chi connectivity index (χ0) is 22.8. The van der Waals surface area contributed by atoms with E-state index in [1.54, 1.807) is 7.11 Å². The molecule has 1 aromatic carbocycles. The van der Waals surface area contributed by atoms with Gasteiger partial charge in [-0.05, 0) is 68.1 Å². The number of aryl methyl sites for hydroxylation is 1. The lowest BCUT2D eigenvalue weighted by atomic mass is 9.44. The number of hydrogen-bond acceptors (Lipinski definition) is 4. The molecular formula is C26H39NO4. The van der Waals surface area contributed by atoms with Crippen molar-refractivity contribution in [3.8, 4) is 5.75 Å². The fourth-order valence-corrected chi connectivity index (χ4v) is 7.01. The van der Waals surface area contributed by atoms with Crippen molar-refractivity contribution in [2.24, 2.45) is 22.7 Å². The number of methoxy groups -OCH3 is 1. The van der Waals surface area contributed by atoms with Crippen LogP contribution in [0.3, 0.4) is 0 Å². The lowest BCUT2D eigenvalue weighted by Gasteiger charge is -2.65. The first-order chi connectivity index (χ1) is 14.5. The predicted molar refractivity (Wildman–Crippen MR) is 121 cm³/mol. The highest BCUT2D eigenvalue weighted by Gasteiger charge is 2.65. The van der Waals surface area contributed by atoms with Crippen molar-refractivity contribution in [3.63, 3.8) is 0 Å². The van der Waals surface area contributed by atoms with Gasteiger partial charge in [0.15, 0.2) is 6.23 Å². The molecule has 1 aliphatic heterocycles. The molecule has 2 saturated carbocycles. The van der Waals surface area contributed by atoms with Crippen molar-refractivity contribution >= 4 is 5.91 Å². The minimum atomic E-state index is -0.496. The van der Waals surface area contributed by atoms with Gasteiger partial charge in [0.05, 0.1) is 17.2 Å². The van der Waals surface area contributed by atoms with Crippen molar-refractivity contribution in [2.75, 3.05) is 7.11 Å². The van der Waals surface area contributed by atoms with E-state index < -0.39 is 11.8 Å². The van der Waals surface area contributed by atoms with E-state index in [-0.39, 0.29) is 28.8 Å². The Kier molecular flexibility index (Phi) is 5.45. The molecule has 0 spiro atoms. The zero-order valence-corrected chi connectivity index (χ0v) is 20.2. The highest BCUT2D eigenvalue weighted by molar-refractivity contribution is 6.00. The van der Waals surface area contributed by atoms with Gasteiger partial charge in [-0.1, -0.05) is 34.6 Å². The topological polar surface area (TPSA) is 67.8 Å². The Hall–Kier alpha value is -1.59. The van der Waals surface area contributed by atoms with E-state index in [2.05, 4.69) is 46.0 Å². The molecule has 31 heavy (non-hydrogen) atoms. The zero-order valence-electron chi connectivity index (χ0n) is 20.2. The van der Waals surface area contributed by atoms with Gasteiger partial charge in [0, 0.05) is 18.4 Å². The Labute approximate surface area is 186 Å². The molecule has 2 aliphatic carbocycles. The van der Waals surface area contributed by atoms with Gasteiger partial charge in [-0.2, -0.15) is 0 Å². The first-order valence-electron chi connectivity index (χ1n) is 11.9. The average Bonchev–Trinajstić information content (AvgIpc) is 3.04. The molecule has 2 N–H and O–H groups in total. The molecule has 4 rings (SSSR count). The molecule has 2 fully saturated rings. The first-order valence-corrected chi connectivity index (χ1v) is 11.9. The average molecular weight is 430 g/mol. The standard InChI is InChI=1S/C26H39NO4/c1-8-25(6)16(3)9-10-19-24(4,5)20(28)11-12-26(19,25)31-18-14-15(2)13-17-21(18)23(30-7)27-22(17)29/h13-14,16,19-20,23,28H,8-12H2,1-7H3,(H,27,29). The molecule has 5 heteroatoms. The predicted octanol–water partition coefficient (Wildman–Crippen LogP) is 5.14. The Bertz CT molecular complexity index is 880. The van der Waals surface area contributed by atoms with Crippen molar-refractivity contribution in [3.05, 3.63) is 28.8 Å². The summed E-state index contributed by atoms with van der Waals surface area (Å²) in [6, 6.07) is 3.98. The molecule has 6 unspecified atom stereocenters. The third kappa shape index (κ3) is 3.06. The lowest BCUT2D eigenvalue weighted by molar-refractivity contribution is -0.228. The van der Waals surface area contributed by atoms with Gasteiger partial charge in [-0.15, -0.1) is 0 Å². The summed E-state index contributed by atoms with van der Waals surface area (Å²) in [5, 5.41) is 13.9. The number of fused-ring (bicyclic) bond motifs is 2. The van der Waals surface area contributed by atoms with E-state index in [0.29, 0.717) is 11.5 Å². The van der Waals surface area contributed by atoms with E-state index in [0.717, 1.165) is 49.0 Å². The van der Waals surface area contributed by atoms with Crippen LogP contribution in [0.2, 0.25) is 0 Å². The normalized spacial score (nSPS) is 38.9. The summed E-state index contributed by atoms with van der Waals surface area (Å²) >= 11 is 0. The first kappa shape index (κ1) is 22.6. The minimum absolute atomic E-state index is 0.0391. The molecule has 5 nitrogen and oxygen atoms in total. The van der Waals surface area contributed by atoms with Gasteiger partial charge in [-0.25, -0.2) is 0 Å². The summed E-state index contributed by atoms with van der Waals surface area (Å²) in [7, 11) is 1.61. The van der Waals surface area contributed by atoms with Crippen molar-refractivity contribution in [1.29, 1.82) is 0 Å². The largest absolute Gasteiger partial charge is 0.486 e. The second kappa shape index (κ2) is 7.48. The highest BCUT2D eigenvalue weighted by Crippen LogP contribution is 2.64. The van der Waals surface area contributed by atoms with E-state index in [1.165, 1.54) is 0 Å². The van der Waals surface area contributed by atoms with Crippen LogP contribution >= 0.6 is 0 Å². The summed E-state index contributed by atoms with van der Waals surface area (Å²) in [5.41, 5.74) is 1.77. The van der Waals surface area contributed by atoms with Crippen LogP contribution in [-0.2, 0) is 4.74 Å². The number of carbonyl (C=O) groups excluding carboxylic acids is 1. The molecular weight excluding hydrogens is 390 g/mol. The van der Waals surface area contributed by atoms with Gasteiger partial charge in [0.2, 0.25) is 0 Å². The van der Waals surface area contributed by atoms with Gasteiger partial charge < -0.3 is 19.9 Å². The number of aliphatic hydroxyl groups is 1. The van der Waals surface area contributed by atoms with Gasteiger partial charge in [-0.3, -0.25) is 4.79 Å². The molecule has 172 valence electrons. The smallest absolute Gasteiger partial charge is 0.254 e. The van der Waals surface area contributed by atoms with Crippen molar-refractivity contribution < 1.29 is 19.4 Å². The molecule has 0 saturated heterocycles. The van der Waals surface area contributed by atoms with Crippen LogP contribution in [0.15, 0.2) is 12.1 Å². The number of carbonyl (C=O) groups is 1. The van der Waals surface area contributed by atoms with E-state index in [9.17, 15) is 9.90 Å². The summed E-state index contributed by atoms with van der Waals surface area (Å²) < 4.78 is 12.8. The molecule has 3 aliphatic rings. The number of rotatable bonds is 4. The molecule has 0 bridgehead atoms. The van der Waals surface area contributed by atoms with Crippen LogP contribution in [0.25, 0.3) is 0 Å². The summed E-state index contributed by atoms with van der Waals surface area (Å²) in [6.45, 7) is 13.4. The third-order valence-electron chi connectivity index (χ3n) is 9.37. The number of ether oxygens (including phenoxy) is 2. The second-order valence-electron chi connectivity index (χ2n) is 11.0. The van der Waals surface area contributed by atoms with E-state index in [1.807, 2.05) is 13.0 Å². The Morgan fingerprint density at radius 2 is 1.90 bits per heavy atom. The summed E-state index contributed by atoms with van der Waals surface area (Å²) in [4.78, 5) is 12.6. The maximum absolute atomic E-state index is 12.6. The van der Waals surface area contributed by atoms with Crippen LogP contribution in [0, 0.1) is 29.6 Å². The van der Waals surface area contributed by atoms with Crippen LogP contribution in [0.4, 0.5) is 0 Å². The van der Waals surface area contributed by atoms with Crippen molar-refractivity contribution in [1.82, 2.24) is 5.32 Å². The molecule has 0 radical (unpaired) electrons. The summed E-state index contributed by atoms with van der Waals surface area (Å²) in [5.74, 6) is 1.38. The third-order valence-corrected chi connectivity index (χ3v) is 9.37. The molecule has 0 aromatic heterocycles. The lowest BCUT2D eigenvalue weighted by Crippen LogP contribution is -2.68. The van der Waals surface area contributed by atoms with Crippen LogP contribution in [-0.4, -0.2) is 29.8 Å². The number of amides is 1. The van der Waals surface area contributed by atoms with Crippen LogP contribution in [0.1, 0.15) is 94.4 Å². The van der Waals surface area contributed by atoms with Gasteiger partial charge >= 0.3 is 0 Å². The monoisotopic (exact) mass is 429 g/mol. The molecule has 1 amide bonds. The number of hydrogen-bond donors (Lipinski definition) is 2. The van der Waals surface area contributed by atoms with E-state index >= 15 is 0 Å². The molecule has 1 aromatic rings. The number of nitrogens with one attached hydrogen (secondary N) is 1. The Morgan fingerprint density at radius 1 is 1.19 bits per heavy atom. The van der Waals surface area contributed by atoms with Crippen LogP contribution < -0.4 is 10.1 Å². The maximum Gasteiger partial charge on any atom is 0.254 e. The number of aliphatic hydroxyl groups excluding tert-OH is 1. The Balaban J connectivity index is 1.90. The van der Waals surface area contributed by atoms with Gasteiger partial charge in [0.25, 0.3) is 5.91 Å². The SMILES string of the molecule is CCC1(C)C(C)CCC2C(C)(C)C(O)CCC21Oc1cc(C)cc2c1C(OC)NC2=O. The van der Waals surface area contributed by atoms with Gasteiger partial charge in [0.1, 0.15) is 11.4 Å². The quantitative estimate of drug-likeness (QED) is 0.695. The maximum atomic E-state index is 12.6. The molecule has 6 atom stereocenters. The molecule has 1 heterocycles. The summed E-state index contributed by atoms with van der Waals surface area (Å²) in [6.07, 6.45) is 3.91. The fraction of sp³-hybridized carbons (Fsp3) is 0.731. The minimum Gasteiger partial charge on any atom is -0.486 e. The van der Waals surface area contributed by atoms with E-state index in [4.69, 9.17) is 9.47 Å². The van der Waals surface area contributed by atoms with Crippen molar-refractivity contribution in [2.45, 2.75) is 91.6 Å². The van der Waals surface area contributed by atoms with Crippen LogP contribution in [0.5, 0.6) is 5.75 Å². The second-order valence-corrected chi connectivity index (χ2v) is 11.0. The highest BCUT2D eigenvalue weighted by atomic mass is 16.5. The number of benzene rings is 1.